The van der Waals surface area contributed by atoms with Crippen molar-refractivity contribution in [3.63, 3.8) is 0 Å². The molecule has 0 bridgehead atoms. The van der Waals surface area contributed by atoms with Gasteiger partial charge in [-0.05, 0) is 26.1 Å². The first kappa shape index (κ1) is 13.5. The van der Waals surface area contributed by atoms with Gasteiger partial charge < -0.3 is 4.74 Å². The van der Waals surface area contributed by atoms with Gasteiger partial charge >= 0.3 is 0 Å². The predicted octanol–water partition coefficient (Wildman–Crippen LogP) is 1.77. The molecule has 0 amide bonds. The Hall–Kier alpha value is -0.580. The lowest BCUT2D eigenvalue weighted by Crippen LogP contribution is -2.23. The minimum atomic E-state index is 0.722. The van der Waals surface area contributed by atoms with E-state index in [-0.39, 0.29) is 0 Å². The Morgan fingerprint density at radius 2 is 2.19 bits per heavy atom. The Morgan fingerprint density at radius 1 is 1.38 bits per heavy atom. The molecule has 0 saturated carbocycles. The number of likely N-dealkylation sites (N-methyl/N-ethyl adjacent to an activating group) is 1. The zero-order valence-corrected chi connectivity index (χ0v) is 10.9. The lowest BCUT2D eigenvalue weighted by atomic mass is 10.3. The van der Waals surface area contributed by atoms with Crippen LogP contribution in [0.1, 0.15) is 11.4 Å². The molecule has 0 atom stereocenters. The fraction of sp³-hybridized carbons (Fsp3) is 0.583. The van der Waals surface area contributed by atoms with Gasteiger partial charge in [-0.3, -0.25) is 9.88 Å². The van der Waals surface area contributed by atoms with E-state index in [4.69, 9.17) is 4.74 Å². The molecule has 0 fully saturated rings. The number of pyridine rings is 1. The average Bonchev–Trinajstić information content (AvgIpc) is 2.24. The second kappa shape index (κ2) is 7.65. The smallest absolute Gasteiger partial charge is 0.0593 e. The Balaban J connectivity index is 2.25. The zero-order valence-electron chi connectivity index (χ0n) is 10.0. The van der Waals surface area contributed by atoms with Gasteiger partial charge in [-0.25, -0.2) is 0 Å². The molecule has 1 aromatic rings. The summed E-state index contributed by atoms with van der Waals surface area (Å²) in [5, 5.41) is 0. The Kier molecular flexibility index (Phi) is 6.45. The molecule has 0 aliphatic heterocycles. The van der Waals surface area contributed by atoms with E-state index in [0.29, 0.717) is 0 Å². The highest BCUT2D eigenvalue weighted by Crippen LogP contribution is 2.01. The van der Waals surface area contributed by atoms with E-state index in [2.05, 4.69) is 35.6 Å². The lowest BCUT2D eigenvalue weighted by Gasteiger charge is -2.16. The third-order valence-corrected chi connectivity index (χ3v) is 2.41. The van der Waals surface area contributed by atoms with Gasteiger partial charge in [0.2, 0.25) is 0 Å². The summed E-state index contributed by atoms with van der Waals surface area (Å²) in [5.74, 6) is 0.781. The van der Waals surface area contributed by atoms with E-state index in [0.717, 1.165) is 43.4 Å². The molecule has 0 aliphatic rings. The van der Waals surface area contributed by atoms with Crippen LogP contribution in [0.25, 0.3) is 0 Å². The van der Waals surface area contributed by atoms with E-state index < -0.39 is 0 Å². The van der Waals surface area contributed by atoms with E-state index >= 15 is 0 Å². The molecule has 90 valence electrons. The van der Waals surface area contributed by atoms with Crippen LogP contribution in [0.4, 0.5) is 0 Å². The van der Waals surface area contributed by atoms with E-state index in [1.54, 1.807) is 0 Å². The number of hydrogen-bond donors (Lipinski definition) is 1. The summed E-state index contributed by atoms with van der Waals surface area (Å²) in [6.45, 7) is 5.27. The third-order valence-electron chi connectivity index (χ3n) is 2.23. The summed E-state index contributed by atoms with van der Waals surface area (Å²) < 4.78 is 5.38. The summed E-state index contributed by atoms with van der Waals surface area (Å²) in [6, 6.07) is 6.11. The number of aryl methyl sites for hydroxylation is 1. The van der Waals surface area contributed by atoms with Gasteiger partial charge in [-0.15, -0.1) is 0 Å². The van der Waals surface area contributed by atoms with Crippen LogP contribution in [0, 0.1) is 6.92 Å². The van der Waals surface area contributed by atoms with Crippen molar-refractivity contribution < 1.29 is 4.74 Å². The molecule has 0 spiro atoms. The zero-order chi connectivity index (χ0) is 11.8. The van der Waals surface area contributed by atoms with Gasteiger partial charge in [0.25, 0.3) is 0 Å². The molecular weight excluding hydrogens is 220 g/mol. The minimum absolute atomic E-state index is 0.722. The normalized spacial score (nSPS) is 11.0. The Bertz CT molecular complexity index is 307. The lowest BCUT2D eigenvalue weighted by molar-refractivity contribution is 0.122. The van der Waals surface area contributed by atoms with Crippen molar-refractivity contribution in [2.75, 3.05) is 32.6 Å². The van der Waals surface area contributed by atoms with Crippen LogP contribution in [-0.4, -0.2) is 42.4 Å². The summed E-state index contributed by atoms with van der Waals surface area (Å²) in [5.41, 5.74) is 2.17. The molecule has 3 nitrogen and oxygen atoms in total. The molecule has 1 heterocycles. The number of ether oxygens (including phenoxy) is 1. The Labute approximate surface area is 103 Å². The molecule has 1 aromatic heterocycles. The van der Waals surface area contributed by atoms with Crippen molar-refractivity contribution in [3.05, 3.63) is 29.6 Å². The molecule has 0 saturated heterocycles. The maximum atomic E-state index is 5.38. The molecule has 0 aromatic carbocycles. The van der Waals surface area contributed by atoms with Gasteiger partial charge in [-0.1, -0.05) is 6.07 Å². The monoisotopic (exact) mass is 240 g/mol. The van der Waals surface area contributed by atoms with Crippen LogP contribution in [0.5, 0.6) is 0 Å². The summed E-state index contributed by atoms with van der Waals surface area (Å²) >= 11 is 4.09. The fourth-order valence-electron chi connectivity index (χ4n) is 1.43. The standard InChI is InChI=1S/C12H20N2OS/c1-11-4-3-5-12(13-11)10-14(2)6-7-15-8-9-16/h3-5,16H,6-10H2,1-2H3. The van der Waals surface area contributed by atoms with Gasteiger partial charge in [-0.2, -0.15) is 12.6 Å². The van der Waals surface area contributed by atoms with Gasteiger partial charge in [0, 0.05) is 24.5 Å². The first-order valence-corrected chi connectivity index (χ1v) is 6.15. The van der Waals surface area contributed by atoms with Crippen LogP contribution >= 0.6 is 12.6 Å². The van der Waals surface area contributed by atoms with Crippen LogP contribution in [0.2, 0.25) is 0 Å². The number of rotatable bonds is 7. The van der Waals surface area contributed by atoms with Gasteiger partial charge in [0.15, 0.2) is 0 Å². The molecular formula is C12H20N2OS. The summed E-state index contributed by atoms with van der Waals surface area (Å²) in [4.78, 5) is 6.67. The average molecular weight is 240 g/mol. The first-order chi connectivity index (χ1) is 7.72. The van der Waals surface area contributed by atoms with Crippen LogP contribution in [0.15, 0.2) is 18.2 Å². The largest absolute Gasteiger partial charge is 0.379 e. The van der Waals surface area contributed by atoms with Gasteiger partial charge in [0.05, 0.1) is 18.9 Å². The van der Waals surface area contributed by atoms with Crippen molar-refractivity contribution in [1.29, 1.82) is 0 Å². The number of thiol groups is 1. The van der Waals surface area contributed by atoms with E-state index in [1.807, 2.05) is 19.1 Å². The van der Waals surface area contributed by atoms with Crippen LogP contribution in [-0.2, 0) is 11.3 Å². The SMILES string of the molecule is Cc1cccc(CN(C)CCOCCS)n1. The number of hydrogen-bond acceptors (Lipinski definition) is 4. The highest BCUT2D eigenvalue weighted by Gasteiger charge is 2.01. The second-order valence-electron chi connectivity index (χ2n) is 3.84. The summed E-state index contributed by atoms with van der Waals surface area (Å²) in [6.07, 6.45) is 0. The maximum absolute atomic E-state index is 5.38. The minimum Gasteiger partial charge on any atom is -0.379 e. The number of nitrogens with zero attached hydrogens (tertiary/aromatic N) is 2. The van der Waals surface area contributed by atoms with Gasteiger partial charge in [0.1, 0.15) is 0 Å². The van der Waals surface area contributed by atoms with E-state index in [1.165, 1.54) is 0 Å². The molecule has 0 N–H and O–H groups in total. The van der Waals surface area contributed by atoms with Crippen molar-refractivity contribution in [2.24, 2.45) is 0 Å². The topological polar surface area (TPSA) is 25.4 Å². The predicted molar refractivity (Wildman–Crippen MR) is 70.0 cm³/mol. The van der Waals surface area contributed by atoms with Crippen molar-refractivity contribution in [2.45, 2.75) is 13.5 Å². The maximum Gasteiger partial charge on any atom is 0.0593 e. The van der Waals surface area contributed by atoms with Crippen LogP contribution < -0.4 is 0 Å². The first-order valence-electron chi connectivity index (χ1n) is 5.52. The fourth-order valence-corrected chi connectivity index (χ4v) is 1.56. The van der Waals surface area contributed by atoms with E-state index in [9.17, 15) is 0 Å². The quantitative estimate of drug-likeness (QED) is 0.581. The molecule has 4 heteroatoms. The van der Waals surface area contributed by atoms with Crippen molar-refractivity contribution >= 4 is 12.6 Å². The highest BCUT2D eigenvalue weighted by molar-refractivity contribution is 7.80. The molecule has 16 heavy (non-hydrogen) atoms. The van der Waals surface area contributed by atoms with Crippen molar-refractivity contribution in [3.8, 4) is 0 Å². The molecule has 0 unspecified atom stereocenters. The van der Waals surface area contributed by atoms with Crippen LogP contribution in [0.3, 0.4) is 0 Å². The highest BCUT2D eigenvalue weighted by atomic mass is 32.1. The van der Waals surface area contributed by atoms with Crippen molar-refractivity contribution in [1.82, 2.24) is 9.88 Å². The summed E-state index contributed by atoms with van der Waals surface area (Å²) in [7, 11) is 2.08. The molecule has 0 radical (unpaired) electrons. The third kappa shape index (κ3) is 5.49. The second-order valence-corrected chi connectivity index (χ2v) is 4.29. The molecule has 0 aliphatic carbocycles. The Morgan fingerprint density at radius 3 is 2.88 bits per heavy atom. The number of aromatic nitrogens is 1. The molecule has 1 rings (SSSR count).